The number of rotatable bonds is 5. The quantitative estimate of drug-likeness (QED) is 0.650. The van der Waals surface area contributed by atoms with Gasteiger partial charge in [-0.3, -0.25) is 9.59 Å². The first kappa shape index (κ1) is 15.2. The van der Waals surface area contributed by atoms with Crippen LogP contribution in [0, 0.1) is 0 Å². The molecule has 2 atom stereocenters. The standard InChI is InChI=1S/C15H22N4O2/c1-3-8-16-14(20)10(2)18-15(21)13-9-17-11-6-4-5-7-12(11)19-13/h4-7,10,13,17,19H,3,8-9H2,1-2H3,(H,16,20)(H,18,21). The molecule has 1 aliphatic heterocycles. The van der Waals surface area contributed by atoms with Gasteiger partial charge in [0.15, 0.2) is 0 Å². The Hall–Kier alpha value is -2.24. The van der Waals surface area contributed by atoms with Gasteiger partial charge in [-0.1, -0.05) is 19.1 Å². The van der Waals surface area contributed by atoms with Gasteiger partial charge in [0, 0.05) is 13.1 Å². The van der Waals surface area contributed by atoms with Gasteiger partial charge in [0.25, 0.3) is 0 Å². The molecule has 2 unspecified atom stereocenters. The van der Waals surface area contributed by atoms with E-state index < -0.39 is 6.04 Å². The highest BCUT2D eigenvalue weighted by atomic mass is 16.2. The number of benzene rings is 1. The van der Waals surface area contributed by atoms with E-state index in [1.165, 1.54) is 0 Å². The van der Waals surface area contributed by atoms with Crippen LogP contribution < -0.4 is 21.3 Å². The van der Waals surface area contributed by atoms with Crippen LogP contribution in [-0.2, 0) is 9.59 Å². The molecule has 2 amide bonds. The van der Waals surface area contributed by atoms with Gasteiger partial charge in [-0.2, -0.15) is 0 Å². The van der Waals surface area contributed by atoms with Crippen LogP contribution in [0.1, 0.15) is 20.3 Å². The van der Waals surface area contributed by atoms with Gasteiger partial charge in [0.05, 0.1) is 11.4 Å². The second-order valence-electron chi connectivity index (χ2n) is 5.14. The zero-order valence-corrected chi connectivity index (χ0v) is 12.4. The summed E-state index contributed by atoms with van der Waals surface area (Å²) in [5.74, 6) is -0.342. The Morgan fingerprint density at radius 1 is 1.33 bits per heavy atom. The first-order valence-electron chi connectivity index (χ1n) is 7.29. The SMILES string of the molecule is CCCNC(=O)C(C)NC(=O)C1CNc2ccccc2N1. The van der Waals surface area contributed by atoms with Crippen LogP contribution in [-0.4, -0.2) is 37.0 Å². The van der Waals surface area contributed by atoms with Crippen molar-refractivity contribution in [2.75, 3.05) is 23.7 Å². The van der Waals surface area contributed by atoms with E-state index in [0.717, 1.165) is 17.8 Å². The van der Waals surface area contributed by atoms with Crippen molar-refractivity contribution in [2.24, 2.45) is 0 Å². The van der Waals surface area contributed by atoms with E-state index in [4.69, 9.17) is 0 Å². The number of hydrogen-bond acceptors (Lipinski definition) is 4. The highest BCUT2D eigenvalue weighted by molar-refractivity contribution is 5.92. The Kier molecular flexibility index (Phi) is 5.03. The number of hydrogen-bond donors (Lipinski definition) is 4. The lowest BCUT2D eigenvalue weighted by atomic mass is 10.1. The predicted octanol–water partition coefficient (Wildman–Crippen LogP) is 0.923. The molecule has 4 N–H and O–H groups in total. The maximum atomic E-state index is 12.2. The van der Waals surface area contributed by atoms with Crippen molar-refractivity contribution in [3.8, 4) is 0 Å². The average molecular weight is 290 g/mol. The summed E-state index contributed by atoms with van der Waals surface area (Å²) < 4.78 is 0. The number of carbonyl (C=O) groups excluding carboxylic acids is 2. The van der Waals surface area contributed by atoms with Crippen molar-refractivity contribution in [1.82, 2.24) is 10.6 Å². The van der Waals surface area contributed by atoms with E-state index in [2.05, 4.69) is 21.3 Å². The Morgan fingerprint density at radius 3 is 2.76 bits per heavy atom. The summed E-state index contributed by atoms with van der Waals surface area (Å²) in [7, 11) is 0. The molecule has 21 heavy (non-hydrogen) atoms. The minimum atomic E-state index is -0.539. The fraction of sp³-hybridized carbons (Fsp3) is 0.467. The number of carbonyl (C=O) groups is 2. The summed E-state index contributed by atoms with van der Waals surface area (Å²) in [6, 6.07) is 6.79. The van der Waals surface area contributed by atoms with Gasteiger partial charge in [0.2, 0.25) is 11.8 Å². The fourth-order valence-electron chi connectivity index (χ4n) is 2.15. The normalized spacial score (nSPS) is 17.7. The van der Waals surface area contributed by atoms with Crippen LogP contribution in [0.4, 0.5) is 11.4 Å². The van der Waals surface area contributed by atoms with Crippen molar-refractivity contribution in [2.45, 2.75) is 32.4 Å². The van der Waals surface area contributed by atoms with Crippen LogP contribution in [0.3, 0.4) is 0 Å². The summed E-state index contributed by atoms with van der Waals surface area (Å²) in [6.45, 7) is 4.79. The van der Waals surface area contributed by atoms with Crippen molar-refractivity contribution in [3.63, 3.8) is 0 Å². The molecular weight excluding hydrogens is 268 g/mol. The van der Waals surface area contributed by atoms with Crippen molar-refractivity contribution in [1.29, 1.82) is 0 Å². The summed E-state index contributed by atoms with van der Waals surface area (Å²) in [6.07, 6.45) is 0.872. The monoisotopic (exact) mass is 290 g/mol. The largest absolute Gasteiger partial charge is 0.381 e. The summed E-state index contributed by atoms with van der Waals surface area (Å²) in [5, 5.41) is 11.9. The lowest BCUT2D eigenvalue weighted by Gasteiger charge is -2.28. The zero-order valence-electron chi connectivity index (χ0n) is 12.4. The minimum Gasteiger partial charge on any atom is -0.381 e. The molecule has 0 radical (unpaired) electrons. The predicted molar refractivity (Wildman–Crippen MR) is 83.2 cm³/mol. The van der Waals surface area contributed by atoms with Crippen LogP contribution in [0.5, 0.6) is 0 Å². The zero-order chi connectivity index (χ0) is 15.2. The second kappa shape index (κ2) is 6.97. The molecule has 6 heteroatoms. The van der Waals surface area contributed by atoms with Crippen molar-refractivity contribution in [3.05, 3.63) is 24.3 Å². The van der Waals surface area contributed by atoms with Crippen molar-refractivity contribution < 1.29 is 9.59 Å². The summed E-state index contributed by atoms with van der Waals surface area (Å²) >= 11 is 0. The highest BCUT2D eigenvalue weighted by Gasteiger charge is 2.25. The molecule has 0 fully saturated rings. The van der Waals surface area contributed by atoms with Gasteiger partial charge in [-0.25, -0.2) is 0 Å². The highest BCUT2D eigenvalue weighted by Crippen LogP contribution is 2.25. The molecule has 1 aliphatic rings. The molecule has 114 valence electrons. The fourth-order valence-corrected chi connectivity index (χ4v) is 2.15. The lowest BCUT2D eigenvalue weighted by molar-refractivity contribution is -0.128. The third-order valence-corrected chi connectivity index (χ3v) is 3.37. The molecule has 6 nitrogen and oxygen atoms in total. The molecule has 0 aromatic heterocycles. The van der Waals surface area contributed by atoms with Crippen LogP contribution in [0.25, 0.3) is 0 Å². The molecule has 0 saturated heterocycles. The Labute approximate surface area is 124 Å². The molecule has 0 aliphatic carbocycles. The summed E-state index contributed by atoms with van der Waals surface area (Å²) in [5.41, 5.74) is 1.88. The maximum absolute atomic E-state index is 12.2. The molecular formula is C15H22N4O2. The Balaban J connectivity index is 1.88. The van der Waals surface area contributed by atoms with Crippen LogP contribution in [0.15, 0.2) is 24.3 Å². The Morgan fingerprint density at radius 2 is 2.05 bits per heavy atom. The second-order valence-corrected chi connectivity index (χ2v) is 5.14. The van der Waals surface area contributed by atoms with Crippen LogP contribution >= 0.6 is 0 Å². The van der Waals surface area contributed by atoms with Gasteiger partial charge >= 0.3 is 0 Å². The Bertz CT molecular complexity index is 518. The van der Waals surface area contributed by atoms with E-state index >= 15 is 0 Å². The first-order valence-corrected chi connectivity index (χ1v) is 7.29. The summed E-state index contributed by atoms with van der Waals surface area (Å²) in [4.78, 5) is 24.0. The number of para-hydroxylation sites is 2. The molecule has 0 saturated carbocycles. The lowest BCUT2D eigenvalue weighted by Crippen LogP contribution is -2.52. The third kappa shape index (κ3) is 3.87. The minimum absolute atomic E-state index is 0.158. The first-order chi connectivity index (χ1) is 10.1. The molecule has 2 rings (SSSR count). The van der Waals surface area contributed by atoms with Gasteiger partial charge in [-0.05, 0) is 25.5 Å². The third-order valence-electron chi connectivity index (χ3n) is 3.37. The number of fused-ring (bicyclic) bond motifs is 1. The topological polar surface area (TPSA) is 82.3 Å². The van der Waals surface area contributed by atoms with E-state index in [-0.39, 0.29) is 17.9 Å². The number of anilines is 2. The van der Waals surface area contributed by atoms with E-state index in [0.29, 0.717) is 13.1 Å². The molecule has 1 heterocycles. The van der Waals surface area contributed by atoms with E-state index in [1.54, 1.807) is 6.92 Å². The van der Waals surface area contributed by atoms with Gasteiger partial charge in [-0.15, -0.1) is 0 Å². The van der Waals surface area contributed by atoms with Gasteiger partial charge < -0.3 is 21.3 Å². The molecule has 0 bridgehead atoms. The van der Waals surface area contributed by atoms with E-state index in [1.807, 2.05) is 31.2 Å². The number of nitrogens with one attached hydrogen (secondary N) is 4. The average Bonchev–Trinajstić information content (AvgIpc) is 2.51. The molecule has 1 aromatic rings. The maximum Gasteiger partial charge on any atom is 0.244 e. The van der Waals surface area contributed by atoms with Gasteiger partial charge in [0.1, 0.15) is 12.1 Å². The van der Waals surface area contributed by atoms with Crippen molar-refractivity contribution >= 4 is 23.2 Å². The number of amides is 2. The van der Waals surface area contributed by atoms with Crippen LogP contribution in [0.2, 0.25) is 0 Å². The van der Waals surface area contributed by atoms with E-state index in [9.17, 15) is 9.59 Å². The molecule has 1 aromatic carbocycles. The smallest absolute Gasteiger partial charge is 0.244 e. The molecule has 0 spiro atoms.